The van der Waals surface area contributed by atoms with Gasteiger partial charge in [0.05, 0.1) is 7.11 Å². The van der Waals surface area contributed by atoms with Crippen molar-refractivity contribution in [2.45, 2.75) is 83.3 Å². The van der Waals surface area contributed by atoms with Crippen molar-refractivity contribution in [1.82, 2.24) is 5.06 Å². The van der Waals surface area contributed by atoms with E-state index in [-0.39, 0.29) is 12.0 Å². The lowest BCUT2D eigenvalue weighted by molar-refractivity contribution is -0.221. The Balaban J connectivity index is 1.53. The molecule has 176 valence electrons. The van der Waals surface area contributed by atoms with Crippen LogP contribution in [0.3, 0.4) is 0 Å². The number of halogens is 1. The van der Waals surface area contributed by atoms with Crippen LogP contribution in [-0.2, 0) is 20.8 Å². The summed E-state index contributed by atoms with van der Waals surface area (Å²) in [6.07, 6.45) is 9.74. The van der Waals surface area contributed by atoms with Crippen LogP contribution in [0.2, 0.25) is 0 Å². The summed E-state index contributed by atoms with van der Waals surface area (Å²) in [5, 5.41) is 2.13. The second kappa shape index (κ2) is 9.99. The molecule has 2 saturated carbocycles. The first-order valence-electron chi connectivity index (χ1n) is 12.3. The van der Waals surface area contributed by atoms with Crippen LogP contribution < -0.4 is 0 Å². The maximum Gasteiger partial charge on any atom is 0.340 e. The zero-order chi connectivity index (χ0) is 22.8. The zero-order valence-corrected chi connectivity index (χ0v) is 21.4. The lowest BCUT2D eigenvalue weighted by Gasteiger charge is -2.43. The minimum atomic E-state index is -0.845. The molecule has 3 aliphatic rings. The Morgan fingerprint density at radius 1 is 1.31 bits per heavy atom. The molecule has 5 atom stereocenters. The van der Waals surface area contributed by atoms with E-state index in [0.717, 1.165) is 25.8 Å². The van der Waals surface area contributed by atoms with Gasteiger partial charge in [-0.25, -0.2) is 4.79 Å². The van der Waals surface area contributed by atoms with E-state index in [1.807, 2.05) is 6.92 Å². The van der Waals surface area contributed by atoms with Crippen LogP contribution in [0.4, 0.5) is 0 Å². The van der Waals surface area contributed by atoms with Gasteiger partial charge in [-0.15, -0.1) is 0 Å². The van der Waals surface area contributed by atoms with Gasteiger partial charge in [-0.05, 0) is 79.2 Å². The minimum Gasteiger partial charge on any atom is -0.467 e. The molecule has 2 aliphatic carbocycles. The van der Waals surface area contributed by atoms with Gasteiger partial charge < -0.3 is 4.74 Å². The van der Waals surface area contributed by atoms with Gasteiger partial charge in [-0.1, -0.05) is 65.7 Å². The van der Waals surface area contributed by atoms with Crippen molar-refractivity contribution < 1.29 is 14.4 Å². The molecule has 1 heterocycles. The molecule has 3 fully saturated rings. The summed E-state index contributed by atoms with van der Waals surface area (Å²) in [6.45, 7) is 5.35. The number of nitrogens with zero attached hydrogens (tertiary/aromatic N) is 1. The number of carbonyl (C=O) groups is 1. The van der Waals surface area contributed by atoms with E-state index >= 15 is 0 Å². The number of hydrogen-bond donors (Lipinski definition) is 0. The number of benzene rings is 1. The van der Waals surface area contributed by atoms with Gasteiger partial charge in [0.2, 0.25) is 0 Å². The fourth-order valence-electron chi connectivity index (χ4n) is 6.78. The Morgan fingerprint density at radius 2 is 2.09 bits per heavy atom. The van der Waals surface area contributed by atoms with Crippen molar-refractivity contribution in [2.24, 2.45) is 17.3 Å². The number of ether oxygens (including phenoxy) is 1. The van der Waals surface area contributed by atoms with Gasteiger partial charge in [0.1, 0.15) is 0 Å². The molecule has 3 unspecified atom stereocenters. The predicted octanol–water partition coefficient (Wildman–Crippen LogP) is 6.44. The molecular weight excluding hydrogens is 466 g/mol. The molecule has 1 aromatic rings. The highest BCUT2D eigenvalue weighted by molar-refractivity contribution is 9.11. The smallest absolute Gasteiger partial charge is 0.340 e. The van der Waals surface area contributed by atoms with Crippen LogP contribution in [0.25, 0.3) is 0 Å². The molecule has 32 heavy (non-hydrogen) atoms. The highest BCUT2D eigenvalue weighted by Crippen LogP contribution is 2.59. The fourth-order valence-corrected chi connectivity index (χ4v) is 7.33. The summed E-state index contributed by atoms with van der Waals surface area (Å²) in [5.74, 6) is 1.12. The molecule has 0 bridgehead atoms. The molecule has 0 radical (unpaired) electrons. The third kappa shape index (κ3) is 4.45. The molecule has 1 aromatic carbocycles. The van der Waals surface area contributed by atoms with Crippen LogP contribution in [0.1, 0.15) is 70.8 Å². The van der Waals surface area contributed by atoms with Crippen LogP contribution in [0.15, 0.2) is 40.9 Å². The van der Waals surface area contributed by atoms with Crippen molar-refractivity contribution in [3.8, 4) is 0 Å². The van der Waals surface area contributed by atoms with Crippen molar-refractivity contribution in [3.63, 3.8) is 0 Å². The number of carbonyl (C=O) groups excluding carboxylic acids is 1. The highest BCUT2D eigenvalue weighted by Gasteiger charge is 2.54. The average molecular weight is 505 g/mol. The van der Waals surface area contributed by atoms with Crippen LogP contribution in [-0.4, -0.2) is 36.3 Å². The molecular formula is C27H38BrNO3. The second-order valence-corrected chi connectivity index (χ2v) is 10.7. The van der Waals surface area contributed by atoms with Crippen LogP contribution in [0.5, 0.6) is 0 Å². The maximum absolute atomic E-state index is 12.8. The van der Waals surface area contributed by atoms with E-state index in [1.165, 1.54) is 44.8 Å². The minimum absolute atomic E-state index is 0.232. The average Bonchev–Trinajstić information content (AvgIpc) is 3.36. The lowest BCUT2D eigenvalue weighted by Crippen LogP contribution is -2.40. The topological polar surface area (TPSA) is 38.8 Å². The Bertz CT molecular complexity index is 827. The highest BCUT2D eigenvalue weighted by atomic mass is 79.9. The monoisotopic (exact) mass is 503 g/mol. The third-order valence-corrected chi connectivity index (χ3v) is 9.30. The van der Waals surface area contributed by atoms with Crippen molar-refractivity contribution >= 4 is 21.9 Å². The van der Waals surface area contributed by atoms with Gasteiger partial charge in [0, 0.05) is 19.0 Å². The van der Waals surface area contributed by atoms with Gasteiger partial charge >= 0.3 is 5.97 Å². The zero-order valence-electron chi connectivity index (χ0n) is 19.8. The Kier molecular flexibility index (Phi) is 7.48. The summed E-state index contributed by atoms with van der Waals surface area (Å²) in [4.78, 5) is 21.4. The summed E-state index contributed by atoms with van der Waals surface area (Å²) in [6, 6.07) is 10.8. The molecule has 0 spiro atoms. The van der Waals surface area contributed by atoms with Crippen LogP contribution in [0, 0.1) is 17.3 Å². The molecule has 4 nitrogen and oxygen atoms in total. The first-order valence-corrected chi connectivity index (χ1v) is 13.2. The molecule has 1 saturated heterocycles. The summed E-state index contributed by atoms with van der Waals surface area (Å²) in [5.41, 5.74) is 2.41. The standard InChI is InChI=1S/C27H38BrNO3/c1-4-27(25(30)31-3)18-23(29(32-27)16-14-20-9-6-5-7-10-20)17-22-12-13-24-21(19-28)11-8-15-26(22,24)2/h5-7,9-10,19,22-24H,4,8,11-18H2,1-3H3/b21-19+/t22?,23?,24-,26+,27?/m0/s1. The molecule has 0 aromatic heterocycles. The van der Waals surface area contributed by atoms with Crippen molar-refractivity contribution in [2.75, 3.05) is 13.7 Å². The number of hydroxylamine groups is 2. The van der Waals surface area contributed by atoms with Gasteiger partial charge in [0.25, 0.3) is 0 Å². The van der Waals surface area contributed by atoms with E-state index in [9.17, 15) is 4.79 Å². The maximum atomic E-state index is 12.8. The van der Waals surface area contributed by atoms with E-state index in [2.05, 4.69) is 63.2 Å². The number of fused-ring (bicyclic) bond motifs is 1. The number of esters is 1. The fraction of sp³-hybridized carbons (Fsp3) is 0.667. The summed E-state index contributed by atoms with van der Waals surface area (Å²) >= 11 is 3.64. The van der Waals surface area contributed by atoms with Crippen LogP contribution >= 0.6 is 15.9 Å². The normalized spacial score (nSPS) is 36.4. The molecule has 0 N–H and O–H groups in total. The van der Waals surface area contributed by atoms with E-state index in [4.69, 9.17) is 9.57 Å². The number of methoxy groups -OCH3 is 1. The quantitative estimate of drug-likeness (QED) is 0.401. The van der Waals surface area contributed by atoms with E-state index < -0.39 is 5.60 Å². The Hall–Kier alpha value is -1.17. The molecule has 5 heteroatoms. The molecule has 1 aliphatic heterocycles. The SMILES string of the molecule is CCC1(C(=O)OC)CC(CC2CC[C@H]3/C(=C/Br)CCC[C@]23C)N(CCc2ccccc2)O1. The number of allylic oxidation sites excluding steroid dienone is 1. The van der Waals surface area contributed by atoms with Gasteiger partial charge in [0.15, 0.2) is 5.60 Å². The number of rotatable bonds is 7. The lowest BCUT2D eigenvalue weighted by atomic mass is 9.62. The van der Waals surface area contributed by atoms with E-state index in [1.54, 1.807) is 5.57 Å². The Labute approximate surface area is 201 Å². The second-order valence-electron chi connectivity index (χ2n) is 10.3. The molecule has 0 amide bonds. The van der Waals surface area contributed by atoms with Crippen molar-refractivity contribution in [3.05, 3.63) is 46.5 Å². The summed E-state index contributed by atoms with van der Waals surface area (Å²) in [7, 11) is 1.48. The number of hydrogen-bond acceptors (Lipinski definition) is 4. The largest absolute Gasteiger partial charge is 0.467 e. The Morgan fingerprint density at radius 3 is 2.78 bits per heavy atom. The van der Waals surface area contributed by atoms with Gasteiger partial charge in [-0.2, -0.15) is 5.06 Å². The van der Waals surface area contributed by atoms with E-state index in [0.29, 0.717) is 23.7 Å². The van der Waals surface area contributed by atoms with Crippen molar-refractivity contribution in [1.29, 1.82) is 0 Å². The molecule has 4 rings (SSSR count). The summed E-state index contributed by atoms with van der Waals surface area (Å²) < 4.78 is 5.19. The predicted molar refractivity (Wildman–Crippen MR) is 131 cm³/mol. The van der Waals surface area contributed by atoms with Gasteiger partial charge in [-0.3, -0.25) is 4.84 Å². The first kappa shape index (κ1) is 24.0. The third-order valence-electron chi connectivity index (χ3n) is 8.71. The first-order chi connectivity index (χ1) is 15.5.